The summed E-state index contributed by atoms with van der Waals surface area (Å²) in [6.45, 7) is 1.64. The molecule has 0 saturated heterocycles. The zero-order valence-corrected chi connectivity index (χ0v) is 15.4. The Balaban J connectivity index is 1.71. The molecule has 1 N–H and O–H groups in total. The smallest absolute Gasteiger partial charge is 0.271 e. The maximum absolute atomic E-state index is 12.5. The number of aryl methyl sites for hydroxylation is 2. The molecule has 1 atom stereocenters. The first-order chi connectivity index (χ1) is 13.0. The summed E-state index contributed by atoms with van der Waals surface area (Å²) < 4.78 is 10.9. The molecule has 7 nitrogen and oxygen atoms in total. The Morgan fingerprint density at radius 2 is 1.89 bits per heavy atom. The van der Waals surface area contributed by atoms with Crippen LogP contribution in [0.25, 0.3) is 0 Å². The fourth-order valence-electron chi connectivity index (χ4n) is 3.18. The number of nitrogens with zero attached hydrogens (tertiary/aromatic N) is 1. The molecular weight excluding hydrogens is 348 g/mol. The monoisotopic (exact) mass is 370 g/mol. The average Bonchev–Trinajstić information content (AvgIpc) is 2.67. The van der Waals surface area contributed by atoms with Crippen molar-refractivity contribution in [2.45, 2.75) is 38.7 Å². The lowest BCUT2D eigenvalue weighted by molar-refractivity contribution is -0.384. The minimum absolute atomic E-state index is 0.130. The highest BCUT2D eigenvalue weighted by molar-refractivity contribution is 5.95. The van der Waals surface area contributed by atoms with Crippen LogP contribution in [0.2, 0.25) is 0 Å². The van der Waals surface area contributed by atoms with Crippen LogP contribution >= 0.6 is 0 Å². The van der Waals surface area contributed by atoms with Crippen molar-refractivity contribution >= 4 is 17.3 Å². The van der Waals surface area contributed by atoms with Gasteiger partial charge in [0.05, 0.1) is 17.7 Å². The Morgan fingerprint density at radius 3 is 2.59 bits per heavy atom. The van der Waals surface area contributed by atoms with Crippen molar-refractivity contribution in [3.63, 3.8) is 0 Å². The van der Waals surface area contributed by atoms with Crippen LogP contribution in [0, 0.1) is 10.1 Å². The standard InChI is InChI=1S/C20H22N2O5/c1-13(27-17-9-7-14-5-3-4-6-15(14)11-17)20(23)21-18-12-16(22(24)25)8-10-19(18)26-2/h7-13H,3-6H2,1-2H3,(H,21,23)/t13-/m1/s1. The quantitative estimate of drug-likeness (QED) is 0.615. The van der Waals surface area contributed by atoms with Gasteiger partial charge in [-0.15, -0.1) is 0 Å². The zero-order valence-electron chi connectivity index (χ0n) is 15.4. The summed E-state index contributed by atoms with van der Waals surface area (Å²) in [6, 6.07) is 9.96. The second kappa shape index (κ2) is 8.07. The molecule has 0 fully saturated rings. The van der Waals surface area contributed by atoms with E-state index in [1.807, 2.05) is 12.1 Å². The van der Waals surface area contributed by atoms with Crippen molar-refractivity contribution in [1.29, 1.82) is 0 Å². The second-order valence-electron chi connectivity index (χ2n) is 6.53. The molecule has 1 amide bonds. The number of nitro groups is 1. The van der Waals surface area contributed by atoms with Gasteiger partial charge in [-0.05, 0) is 61.9 Å². The van der Waals surface area contributed by atoms with Crippen molar-refractivity contribution in [2.24, 2.45) is 0 Å². The topological polar surface area (TPSA) is 90.7 Å². The summed E-state index contributed by atoms with van der Waals surface area (Å²) in [6.07, 6.45) is 3.71. The maximum Gasteiger partial charge on any atom is 0.271 e. The predicted molar refractivity (Wildman–Crippen MR) is 101 cm³/mol. The van der Waals surface area contributed by atoms with Gasteiger partial charge in [0.2, 0.25) is 0 Å². The molecule has 1 aliphatic carbocycles. The first-order valence-corrected chi connectivity index (χ1v) is 8.89. The van der Waals surface area contributed by atoms with Gasteiger partial charge in [-0.25, -0.2) is 0 Å². The Labute approximate surface area is 157 Å². The summed E-state index contributed by atoms with van der Waals surface area (Å²) in [5.74, 6) is 0.575. The lowest BCUT2D eigenvalue weighted by Gasteiger charge is -2.19. The number of rotatable bonds is 6. The van der Waals surface area contributed by atoms with Crippen LogP contribution < -0.4 is 14.8 Å². The molecule has 0 radical (unpaired) electrons. The van der Waals surface area contributed by atoms with Crippen LogP contribution in [0.1, 0.15) is 30.9 Å². The summed E-state index contributed by atoms with van der Waals surface area (Å²) in [7, 11) is 1.43. The van der Waals surface area contributed by atoms with Crippen molar-refractivity contribution in [2.75, 3.05) is 12.4 Å². The highest BCUT2D eigenvalue weighted by Gasteiger charge is 2.20. The van der Waals surface area contributed by atoms with E-state index in [0.29, 0.717) is 11.5 Å². The minimum Gasteiger partial charge on any atom is -0.495 e. The molecule has 2 aromatic carbocycles. The van der Waals surface area contributed by atoms with Crippen molar-refractivity contribution in [3.8, 4) is 11.5 Å². The number of ether oxygens (including phenoxy) is 2. The van der Waals surface area contributed by atoms with Gasteiger partial charge in [0.1, 0.15) is 11.5 Å². The summed E-state index contributed by atoms with van der Waals surface area (Å²) in [5.41, 5.74) is 2.71. The molecule has 142 valence electrons. The molecule has 0 aliphatic heterocycles. The number of carbonyl (C=O) groups excluding carboxylic acids is 1. The van der Waals surface area contributed by atoms with Crippen LogP contribution in [0.4, 0.5) is 11.4 Å². The number of carbonyl (C=O) groups is 1. The predicted octanol–water partition coefficient (Wildman–Crippen LogP) is 3.89. The number of amides is 1. The molecule has 1 aliphatic rings. The van der Waals surface area contributed by atoms with Gasteiger partial charge in [0, 0.05) is 12.1 Å². The van der Waals surface area contributed by atoms with E-state index in [1.165, 1.54) is 49.3 Å². The van der Waals surface area contributed by atoms with Gasteiger partial charge in [0.15, 0.2) is 6.10 Å². The van der Waals surface area contributed by atoms with Gasteiger partial charge in [-0.1, -0.05) is 6.07 Å². The molecule has 0 bridgehead atoms. The van der Waals surface area contributed by atoms with Crippen LogP contribution in [-0.4, -0.2) is 24.0 Å². The zero-order chi connectivity index (χ0) is 19.4. The van der Waals surface area contributed by atoms with Gasteiger partial charge < -0.3 is 14.8 Å². The Morgan fingerprint density at radius 1 is 1.15 bits per heavy atom. The Hall–Kier alpha value is -3.09. The summed E-state index contributed by atoms with van der Waals surface area (Å²) in [5, 5.41) is 13.6. The number of fused-ring (bicyclic) bond motifs is 1. The second-order valence-corrected chi connectivity index (χ2v) is 6.53. The molecule has 3 rings (SSSR count). The highest BCUT2D eigenvalue weighted by atomic mass is 16.6. The van der Waals surface area contributed by atoms with Crippen LogP contribution in [0.5, 0.6) is 11.5 Å². The third-order valence-corrected chi connectivity index (χ3v) is 4.65. The number of hydrogen-bond donors (Lipinski definition) is 1. The number of hydrogen-bond acceptors (Lipinski definition) is 5. The van der Waals surface area contributed by atoms with Crippen LogP contribution in [-0.2, 0) is 17.6 Å². The van der Waals surface area contributed by atoms with E-state index in [9.17, 15) is 14.9 Å². The van der Waals surface area contributed by atoms with Gasteiger partial charge in [-0.2, -0.15) is 0 Å². The normalized spacial score (nSPS) is 14.0. The van der Waals surface area contributed by atoms with Crippen molar-refractivity contribution in [3.05, 3.63) is 57.6 Å². The van der Waals surface area contributed by atoms with E-state index in [1.54, 1.807) is 6.92 Å². The van der Waals surface area contributed by atoms with E-state index < -0.39 is 16.9 Å². The molecule has 0 saturated carbocycles. The van der Waals surface area contributed by atoms with E-state index in [-0.39, 0.29) is 11.4 Å². The molecule has 2 aromatic rings. The molecule has 7 heteroatoms. The van der Waals surface area contributed by atoms with Crippen molar-refractivity contribution in [1.82, 2.24) is 0 Å². The van der Waals surface area contributed by atoms with E-state index in [0.717, 1.165) is 12.8 Å². The van der Waals surface area contributed by atoms with Crippen LogP contribution in [0.15, 0.2) is 36.4 Å². The number of nitro benzene ring substituents is 1. The third kappa shape index (κ3) is 4.36. The molecule has 0 spiro atoms. The van der Waals surface area contributed by atoms with Gasteiger partial charge >= 0.3 is 0 Å². The largest absolute Gasteiger partial charge is 0.495 e. The number of methoxy groups -OCH3 is 1. The number of nitrogens with one attached hydrogen (secondary N) is 1. The third-order valence-electron chi connectivity index (χ3n) is 4.65. The van der Waals surface area contributed by atoms with Crippen LogP contribution in [0.3, 0.4) is 0 Å². The lowest BCUT2D eigenvalue weighted by atomic mass is 9.92. The van der Waals surface area contributed by atoms with Gasteiger partial charge in [0.25, 0.3) is 11.6 Å². The summed E-state index contributed by atoms with van der Waals surface area (Å²) >= 11 is 0. The SMILES string of the molecule is COc1ccc([N+](=O)[O-])cc1NC(=O)[C@@H](C)Oc1ccc2c(c1)CCCC2. The number of benzene rings is 2. The number of non-ortho nitro benzene ring substituents is 1. The fraction of sp³-hybridized carbons (Fsp3) is 0.350. The molecular formula is C20H22N2O5. The fourth-order valence-corrected chi connectivity index (χ4v) is 3.18. The minimum atomic E-state index is -0.768. The average molecular weight is 370 g/mol. The Kier molecular flexibility index (Phi) is 5.59. The maximum atomic E-state index is 12.5. The van der Waals surface area contributed by atoms with E-state index >= 15 is 0 Å². The highest BCUT2D eigenvalue weighted by Crippen LogP contribution is 2.29. The van der Waals surface area contributed by atoms with E-state index in [4.69, 9.17) is 9.47 Å². The summed E-state index contributed by atoms with van der Waals surface area (Å²) in [4.78, 5) is 22.9. The molecule has 27 heavy (non-hydrogen) atoms. The van der Waals surface area contributed by atoms with Crippen molar-refractivity contribution < 1.29 is 19.2 Å². The molecule has 0 aromatic heterocycles. The lowest BCUT2D eigenvalue weighted by Crippen LogP contribution is -2.30. The van der Waals surface area contributed by atoms with E-state index in [2.05, 4.69) is 11.4 Å². The number of anilines is 1. The Bertz CT molecular complexity index is 865. The molecule has 0 unspecified atom stereocenters. The first kappa shape index (κ1) is 18.7. The van der Waals surface area contributed by atoms with Gasteiger partial charge in [-0.3, -0.25) is 14.9 Å². The molecule has 0 heterocycles. The first-order valence-electron chi connectivity index (χ1n) is 8.89.